The van der Waals surface area contributed by atoms with Crippen LogP contribution in [0.3, 0.4) is 0 Å². The molecule has 0 bridgehead atoms. The Balaban J connectivity index is 1.64. The Labute approximate surface area is 126 Å². The SMILES string of the molecule is N#CCCN1CCN(Cc2cccc3ccccc23)CC1. The Morgan fingerprint density at radius 2 is 1.62 bits per heavy atom. The molecule has 1 aliphatic heterocycles. The van der Waals surface area contributed by atoms with Crippen LogP contribution in [0.1, 0.15) is 12.0 Å². The summed E-state index contributed by atoms with van der Waals surface area (Å²) >= 11 is 0. The third kappa shape index (κ3) is 3.41. The zero-order valence-corrected chi connectivity index (χ0v) is 12.3. The molecule has 1 aliphatic rings. The molecule has 0 atom stereocenters. The molecule has 0 unspecified atom stereocenters. The van der Waals surface area contributed by atoms with Crippen LogP contribution in [-0.2, 0) is 6.54 Å². The zero-order valence-electron chi connectivity index (χ0n) is 12.3. The Morgan fingerprint density at radius 1 is 0.905 bits per heavy atom. The van der Waals surface area contributed by atoms with E-state index >= 15 is 0 Å². The standard InChI is InChI=1S/C18H21N3/c19-9-4-10-20-11-13-21(14-12-20)15-17-7-3-6-16-5-1-2-8-18(16)17/h1-3,5-8H,4,10-15H2. The van der Waals surface area contributed by atoms with Crippen LogP contribution in [0.5, 0.6) is 0 Å². The number of nitrogens with zero attached hydrogens (tertiary/aromatic N) is 3. The van der Waals surface area contributed by atoms with Crippen molar-refractivity contribution >= 4 is 10.8 Å². The van der Waals surface area contributed by atoms with E-state index in [1.165, 1.54) is 16.3 Å². The van der Waals surface area contributed by atoms with E-state index in [0.717, 1.165) is 39.3 Å². The van der Waals surface area contributed by atoms with Gasteiger partial charge in [-0.3, -0.25) is 9.80 Å². The minimum atomic E-state index is 0.642. The van der Waals surface area contributed by atoms with Gasteiger partial charge >= 0.3 is 0 Å². The summed E-state index contributed by atoms with van der Waals surface area (Å²) in [5.74, 6) is 0. The highest BCUT2D eigenvalue weighted by Crippen LogP contribution is 2.20. The predicted octanol–water partition coefficient (Wildman–Crippen LogP) is 2.87. The molecule has 3 heteroatoms. The lowest BCUT2D eigenvalue weighted by Gasteiger charge is -2.34. The number of nitriles is 1. The molecule has 0 radical (unpaired) electrons. The summed E-state index contributed by atoms with van der Waals surface area (Å²) in [6.45, 7) is 6.27. The van der Waals surface area contributed by atoms with Crippen LogP contribution >= 0.6 is 0 Å². The normalized spacial score (nSPS) is 16.9. The lowest BCUT2D eigenvalue weighted by molar-refractivity contribution is 0.129. The number of hydrogen-bond acceptors (Lipinski definition) is 3. The summed E-state index contributed by atoms with van der Waals surface area (Å²) in [6, 6.07) is 17.4. The molecule has 2 aromatic carbocycles. The summed E-state index contributed by atoms with van der Waals surface area (Å²) in [6.07, 6.45) is 0.642. The third-order valence-electron chi connectivity index (χ3n) is 4.28. The van der Waals surface area contributed by atoms with Gasteiger partial charge in [-0.05, 0) is 16.3 Å². The van der Waals surface area contributed by atoms with Crippen molar-refractivity contribution in [1.82, 2.24) is 9.80 Å². The fourth-order valence-electron chi connectivity index (χ4n) is 3.05. The average molecular weight is 279 g/mol. The topological polar surface area (TPSA) is 30.3 Å². The first-order valence-corrected chi connectivity index (χ1v) is 7.65. The summed E-state index contributed by atoms with van der Waals surface area (Å²) in [5, 5.41) is 11.3. The molecule has 108 valence electrons. The van der Waals surface area contributed by atoms with Crippen molar-refractivity contribution in [3.8, 4) is 6.07 Å². The highest BCUT2D eigenvalue weighted by molar-refractivity contribution is 5.85. The lowest BCUT2D eigenvalue weighted by Crippen LogP contribution is -2.46. The molecule has 21 heavy (non-hydrogen) atoms. The van der Waals surface area contributed by atoms with E-state index in [-0.39, 0.29) is 0 Å². The van der Waals surface area contributed by atoms with Crippen LogP contribution < -0.4 is 0 Å². The number of hydrogen-bond donors (Lipinski definition) is 0. The van der Waals surface area contributed by atoms with Crippen molar-refractivity contribution < 1.29 is 0 Å². The maximum absolute atomic E-state index is 8.66. The second kappa shape index (κ2) is 6.71. The molecule has 2 aromatic rings. The van der Waals surface area contributed by atoms with Crippen LogP contribution in [0, 0.1) is 11.3 Å². The summed E-state index contributed by atoms with van der Waals surface area (Å²) in [5.41, 5.74) is 1.42. The number of rotatable bonds is 4. The quantitative estimate of drug-likeness (QED) is 0.862. The predicted molar refractivity (Wildman–Crippen MR) is 85.9 cm³/mol. The van der Waals surface area contributed by atoms with Crippen LogP contribution in [0.2, 0.25) is 0 Å². The van der Waals surface area contributed by atoms with E-state index in [4.69, 9.17) is 5.26 Å². The number of piperazine rings is 1. The minimum Gasteiger partial charge on any atom is -0.300 e. The second-order valence-corrected chi connectivity index (χ2v) is 5.66. The average Bonchev–Trinajstić information content (AvgIpc) is 2.55. The fraction of sp³-hybridized carbons (Fsp3) is 0.389. The van der Waals surface area contributed by atoms with Gasteiger partial charge in [-0.1, -0.05) is 42.5 Å². The molecule has 0 aliphatic carbocycles. The molecular formula is C18H21N3. The molecule has 1 heterocycles. The maximum Gasteiger partial charge on any atom is 0.0635 e. The minimum absolute atomic E-state index is 0.642. The van der Waals surface area contributed by atoms with Crippen molar-refractivity contribution in [1.29, 1.82) is 5.26 Å². The first kappa shape index (κ1) is 14.1. The third-order valence-corrected chi connectivity index (χ3v) is 4.28. The molecular weight excluding hydrogens is 258 g/mol. The molecule has 0 aromatic heterocycles. The monoisotopic (exact) mass is 279 g/mol. The lowest BCUT2D eigenvalue weighted by atomic mass is 10.0. The van der Waals surface area contributed by atoms with Crippen LogP contribution in [0.15, 0.2) is 42.5 Å². The van der Waals surface area contributed by atoms with Crippen molar-refractivity contribution in [2.45, 2.75) is 13.0 Å². The van der Waals surface area contributed by atoms with E-state index in [1.54, 1.807) is 0 Å². The van der Waals surface area contributed by atoms with Crippen molar-refractivity contribution in [2.24, 2.45) is 0 Å². The molecule has 0 saturated carbocycles. The highest BCUT2D eigenvalue weighted by Gasteiger charge is 2.17. The first-order valence-electron chi connectivity index (χ1n) is 7.65. The van der Waals surface area contributed by atoms with Crippen molar-refractivity contribution in [2.75, 3.05) is 32.7 Å². The molecule has 0 N–H and O–H groups in total. The van der Waals surface area contributed by atoms with Gasteiger partial charge in [0.15, 0.2) is 0 Å². The Morgan fingerprint density at radius 3 is 2.43 bits per heavy atom. The van der Waals surface area contributed by atoms with Crippen LogP contribution in [0.4, 0.5) is 0 Å². The largest absolute Gasteiger partial charge is 0.300 e. The van der Waals surface area contributed by atoms with Crippen LogP contribution in [0.25, 0.3) is 10.8 Å². The van der Waals surface area contributed by atoms with E-state index in [0.29, 0.717) is 6.42 Å². The van der Waals surface area contributed by atoms with Crippen molar-refractivity contribution in [3.63, 3.8) is 0 Å². The maximum atomic E-state index is 8.66. The first-order chi connectivity index (χ1) is 10.4. The highest BCUT2D eigenvalue weighted by atomic mass is 15.3. The van der Waals surface area contributed by atoms with Gasteiger partial charge in [-0.25, -0.2) is 0 Å². The number of benzene rings is 2. The molecule has 1 fully saturated rings. The van der Waals surface area contributed by atoms with Gasteiger partial charge in [0, 0.05) is 45.7 Å². The van der Waals surface area contributed by atoms with Crippen molar-refractivity contribution in [3.05, 3.63) is 48.0 Å². The molecule has 0 spiro atoms. The molecule has 0 amide bonds. The summed E-state index contributed by atoms with van der Waals surface area (Å²) < 4.78 is 0. The summed E-state index contributed by atoms with van der Waals surface area (Å²) in [7, 11) is 0. The smallest absolute Gasteiger partial charge is 0.0635 e. The number of fused-ring (bicyclic) bond motifs is 1. The Bertz CT molecular complexity index is 631. The van der Waals surface area contributed by atoms with Gasteiger partial charge in [0.2, 0.25) is 0 Å². The van der Waals surface area contributed by atoms with Gasteiger partial charge in [0.25, 0.3) is 0 Å². The van der Waals surface area contributed by atoms with Gasteiger partial charge < -0.3 is 0 Å². The Kier molecular flexibility index (Phi) is 4.49. The molecule has 3 nitrogen and oxygen atoms in total. The van der Waals surface area contributed by atoms with Gasteiger partial charge in [0.05, 0.1) is 6.07 Å². The van der Waals surface area contributed by atoms with E-state index in [2.05, 4.69) is 58.3 Å². The molecule has 3 rings (SSSR count). The second-order valence-electron chi connectivity index (χ2n) is 5.66. The van der Waals surface area contributed by atoms with Crippen LogP contribution in [-0.4, -0.2) is 42.5 Å². The van der Waals surface area contributed by atoms with Gasteiger partial charge in [-0.2, -0.15) is 5.26 Å². The van der Waals surface area contributed by atoms with E-state index < -0.39 is 0 Å². The molecule has 1 saturated heterocycles. The Hall–Kier alpha value is -1.89. The van der Waals surface area contributed by atoms with Gasteiger partial charge in [-0.15, -0.1) is 0 Å². The van der Waals surface area contributed by atoms with E-state index in [9.17, 15) is 0 Å². The zero-order chi connectivity index (χ0) is 14.5. The van der Waals surface area contributed by atoms with Gasteiger partial charge in [0.1, 0.15) is 0 Å². The van der Waals surface area contributed by atoms with E-state index in [1.807, 2.05) is 0 Å². The fourth-order valence-corrected chi connectivity index (χ4v) is 3.05. The summed E-state index contributed by atoms with van der Waals surface area (Å²) in [4.78, 5) is 4.91.